The number of fused-ring (bicyclic) bond motifs is 2. The Kier molecular flexibility index (Phi) is 1.42. The van der Waals surface area contributed by atoms with Crippen LogP contribution in [0, 0.1) is 11.8 Å². The van der Waals surface area contributed by atoms with Crippen LogP contribution < -0.4 is 5.73 Å². The van der Waals surface area contributed by atoms with Gasteiger partial charge in [-0.25, -0.2) is 4.79 Å². The maximum absolute atomic E-state index is 10.0. The lowest BCUT2D eigenvalue weighted by atomic mass is 9.92. The van der Waals surface area contributed by atoms with E-state index in [4.69, 9.17) is 10.5 Å². The molecule has 3 atom stereocenters. The molecule has 0 aromatic rings. The van der Waals surface area contributed by atoms with Gasteiger partial charge < -0.3 is 4.74 Å². The molecule has 0 spiro atoms. The molecule has 0 amide bonds. The van der Waals surface area contributed by atoms with E-state index >= 15 is 0 Å². The van der Waals surface area contributed by atoms with Gasteiger partial charge in [0.05, 0.1) is 0 Å². The molecule has 2 saturated carbocycles. The summed E-state index contributed by atoms with van der Waals surface area (Å²) in [6.45, 7) is 1.46. The minimum Gasteiger partial charge on any atom is -0.435 e. The fourth-order valence-electron chi connectivity index (χ4n) is 2.52. The van der Waals surface area contributed by atoms with Crippen molar-refractivity contribution >= 4 is 6.47 Å². The van der Waals surface area contributed by atoms with E-state index in [1.165, 1.54) is 12.9 Å². The van der Waals surface area contributed by atoms with E-state index in [1.807, 2.05) is 0 Å². The molecule has 0 saturated heterocycles. The van der Waals surface area contributed by atoms with Crippen molar-refractivity contribution in [2.24, 2.45) is 17.6 Å². The van der Waals surface area contributed by atoms with Gasteiger partial charge in [-0.05, 0) is 25.2 Å². The summed E-state index contributed by atoms with van der Waals surface area (Å²) in [5.41, 5.74) is 5.21. The van der Waals surface area contributed by atoms with Crippen LogP contribution in [-0.2, 0) is 9.53 Å². The topological polar surface area (TPSA) is 52.3 Å². The van der Waals surface area contributed by atoms with Crippen molar-refractivity contribution in [1.29, 1.82) is 0 Å². The van der Waals surface area contributed by atoms with Gasteiger partial charge in [0, 0.05) is 12.3 Å². The molecular formula is C8H12NO2. The van der Waals surface area contributed by atoms with Gasteiger partial charge in [0.15, 0.2) is 5.72 Å². The first kappa shape index (κ1) is 7.10. The first-order chi connectivity index (χ1) is 5.24. The van der Waals surface area contributed by atoms with Crippen LogP contribution in [0.2, 0.25) is 0 Å². The van der Waals surface area contributed by atoms with Crippen LogP contribution in [0.1, 0.15) is 25.7 Å². The van der Waals surface area contributed by atoms with Gasteiger partial charge in [0.25, 0.3) is 0 Å². The molecule has 0 heterocycles. The fourth-order valence-corrected chi connectivity index (χ4v) is 2.52. The highest BCUT2D eigenvalue weighted by Crippen LogP contribution is 2.49. The molecule has 0 aliphatic heterocycles. The Balaban J connectivity index is 2.10. The van der Waals surface area contributed by atoms with Gasteiger partial charge in [-0.1, -0.05) is 0 Å². The molecule has 2 rings (SSSR count). The monoisotopic (exact) mass is 154 g/mol. The van der Waals surface area contributed by atoms with Gasteiger partial charge in [-0.3, -0.25) is 5.73 Å². The minimum absolute atomic E-state index is 0.397. The third-order valence-electron chi connectivity index (χ3n) is 3.07. The molecule has 2 aliphatic carbocycles. The average molecular weight is 154 g/mol. The molecule has 2 aliphatic rings. The second kappa shape index (κ2) is 2.21. The van der Waals surface area contributed by atoms with Crippen molar-refractivity contribution < 1.29 is 9.53 Å². The molecule has 3 nitrogen and oxygen atoms in total. The Hall–Kier alpha value is -0.570. The molecule has 3 heteroatoms. The van der Waals surface area contributed by atoms with Crippen molar-refractivity contribution in [3.63, 3.8) is 0 Å². The fraction of sp³-hybridized carbons (Fsp3) is 0.875. The molecular weight excluding hydrogens is 142 g/mol. The summed E-state index contributed by atoms with van der Waals surface area (Å²) in [4.78, 5) is 10.0. The predicted octanol–water partition coefficient (Wildman–Crippen LogP) is 0.545. The summed E-state index contributed by atoms with van der Waals surface area (Å²) < 4.78 is 4.80. The van der Waals surface area contributed by atoms with Crippen molar-refractivity contribution in [3.8, 4) is 0 Å². The van der Waals surface area contributed by atoms with Gasteiger partial charge in [0.1, 0.15) is 0 Å². The summed E-state index contributed by atoms with van der Waals surface area (Å²) in [6.07, 6.45) is 4.35. The second-order valence-corrected chi connectivity index (χ2v) is 3.72. The van der Waals surface area contributed by atoms with Crippen LogP contribution in [0.15, 0.2) is 0 Å². The predicted molar refractivity (Wildman–Crippen MR) is 39.1 cm³/mol. The molecule has 0 aromatic heterocycles. The van der Waals surface area contributed by atoms with Crippen LogP contribution in [0.5, 0.6) is 0 Å². The Morgan fingerprint density at radius 1 is 1.55 bits per heavy atom. The van der Waals surface area contributed by atoms with Gasteiger partial charge >= 0.3 is 6.47 Å². The van der Waals surface area contributed by atoms with Crippen LogP contribution in [0.3, 0.4) is 0 Å². The number of rotatable bonds is 2. The molecule has 3 unspecified atom stereocenters. The number of ether oxygens (including phenoxy) is 1. The van der Waals surface area contributed by atoms with E-state index in [0.717, 1.165) is 19.3 Å². The van der Waals surface area contributed by atoms with Crippen LogP contribution in [0.4, 0.5) is 0 Å². The van der Waals surface area contributed by atoms with Gasteiger partial charge in [-0.15, -0.1) is 0 Å². The summed E-state index contributed by atoms with van der Waals surface area (Å²) in [5, 5.41) is 0. The Morgan fingerprint density at radius 2 is 2.36 bits per heavy atom. The molecule has 2 N–H and O–H groups in total. The highest BCUT2D eigenvalue weighted by molar-refractivity contribution is 5.39. The summed E-state index contributed by atoms with van der Waals surface area (Å²) in [7, 11) is 0. The van der Waals surface area contributed by atoms with Crippen molar-refractivity contribution in [3.05, 3.63) is 0 Å². The zero-order valence-corrected chi connectivity index (χ0v) is 6.38. The summed E-state index contributed by atoms with van der Waals surface area (Å²) >= 11 is 0. The lowest BCUT2D eigenvalue weighted by Crippen LogP contribution is -2.47. The highest BCUT2D eigenvalue weighted by Gasteiger charge is 2.50. The van der Waals surface area contributed by atoms with Gasteiger partial charge in [0.2, 0.25) is 0 Å². The maximum atomic E-state index is 10.0. The normalized spacial score (nSPS) is 47.7. The largest absolute Gasteiger partial charge is 0.435 e. The average Bonchev–Trinajstić information content (AvgIpc) is 2.45. The summed E-state index contributed by atoms with van der Waals surface area (Å²) in [6, 6.07) is 0. The molecule has 0 aromatic carbocycles. The van der Waals surface area contributed by atoms with E-state index in [-0.39, 0.29) is 0 Å². The molecule has 2 fully saturated rings. The Labute approximate surface area is 65.9 Å². The number of nitrogens with two attached hydrogens (primary N) is 1. The lowest BCUT2D eigenvalue weighted by Gasteiger charge is -2.30. The number of carbonyl (C=O) groups excluding carboxylic acids is 1. The Morgan fingerprint density at radius 3 is 2.82 bits per heavy atom. The van der Waals surface area contributed by atoms with E-state index in [1.54, 1.807) is 0 Å². The first-order valence-corrected chi connectivity index (χ1v) is 4.08. The van der Waals surface area contributed by atoms with Crippen LogP contribution >= 0.6 is 0 Å². The van der Waals surface area contributed by atoms with Crippen LogP contribution in [-0.4, -0.2) is 12.2 Å². The first-order valence-electron chi connectivity index (χ1n) is 4.08. The molecule has 1 radical (unpaired) electrons. The number of hydrogen-bond acceptors (Lipinski definition) is 3. The molecule has 61 valence electrons. The smallest absolute Gasteiger partial charge is 0.419 e. The third kappa shape index (κ3) is 0.948. The number of hydrogen-bond donors (Lipinski definition) is 1. The summed E-state index contributed by atoms with van der Waals surface area (Å²) in [5.74, 6) is 1.09. The Bertz CT molecular complexity index is 183. The standard InChI is InChI=1S/C8H12NO2/c9-8(11-5-10)4-6-1-2-7(8)3-6/h6-7H,1-4,9H2. The van der Waals surface area contributed by atoms with E-state index < -0.39 is 5.72 Å². The molecule has 11 heavy (non-hydrogen) atoms. The highest BCUT2D eigenvalue weighted by atomic mass is 16.5. The molecule has 2 bridgehead atoms. The third-order valence-corrected chi connectivity index (χ3v) is 3.07. The van der Waals surface area contributed by atoms with Crippen LogP contribution in [0.25, 0.3) is 0 Å². The van der Waals surface area contributed by atoms with Crippen molar-refractivity contribution in [2.75, 3.05) is 0 Å². The van der Waals surface area contributed by atoms with Crippen molar-refractivity contribution in [1.82, 2.24) is 0 Å². The quantitative estimate of drug-likeness (QED) is 0.591. The van der Waals surface area contributed by atoms with E-state index in [9.17, 15) is 4.79 Å². The SMILES string of the molecule is NC1(O[C]=O)CC2CCC1C2. The van der Waals surface area contributed by atoms with E-state index in [0.29, 0.717) is 11.8 Å². The maximum Gasteiger partial charge on any atom is 0.419 e. The van der Waals surface area contributed by atoms with Gasteiger partial charge in [-0.2, -0.15) is 0 Å². The zero-order valence-electron chi connectivity index (χ0n) is 6.38. The zero-order chi connectivity index (χ0) is 7.90. The lowest BCUT2D eigenvalue weighted by molar-refractivity contribution is 0.00444. The van der Waals surface area contributed by atoms with Crippen molar-refractivity contribution in [2.45, 2.75) is 31.4 Å². The van der Waals surface area contributed by atoms with E-state index in [2.05, 4.69) is 0 Å². The minimum atomic E-state index is -0.662. The second-order valence-electron chi connectivity index (χ2n) is 3.72.